The van der Waals surface area contributed by atoms with E-state index in [1.807, 2.05) is 0 Å². The number of carbonyl (C=O) groups is 2. The summed E-state index contributed by atoms with van der Waals surface area (Å²) in [6.07, 6.45) is -8.46. The Kier molecular flexibility index (Phi) is 10.2. The Morgan fingerprint density at radius 3 is 2.13 bits per heavy atom. The predicted molar refractivity (Wildman–Crippen MR) is 130 cm³/mol. The van der Waals surface area contributed by atoms with Crippen LogP contribution >= 0.6 is 34.8 Å². The van der Waals surface area contributed by atoms with Crippen molar-refractivity contribution in [3.05, 3.63) is 78.3 Å². The number of nitrogens with zero attached hydrogens (tertiary/aromatic N) is 1. The zero-order valence-corrected chi connectivity index (χ0v) is 21.4. The van der Waals surface area contributed by atoms with Crippen LogP contribution in [0.25, 0.3) is 6.08 Å². The molecule has 0 aliphatic rings. The lowest BCUT2D eigenvalue weighted by molar-refractivity contribution is -0.385. The number of allylic oxidation sites excluding steroid dienone is 1. The van der Waals surface area contributed by atoms with Crippen LogP contribution in [0.15, 0.2) is 36.4 Å². The van der Waals surface area contributed by atoms with Crippen molar-refractivity contribution in [1.29, 1.82) is 0 Å². The molecule has 2 aromatic rings. The molecule has 15 heteroatoms. The average molecular weight is 606 g/mol. The second kappa shape index (κ2) is 12.4. The summed E-state index contributed by atoms with van der Waals surface area (Å²) >= 11 is 17.5. The zero-order valence-electron chi connectivity index (χ0n) is 19.1. The Morgan fingerprint density at radius 2 is 1.63 bits per heavy atom. The maximum Gasteiger partial charge on any atom is 0.405 e. The van der Waals surface area contributed by atoms with E-state index in [4.69, 9.17) is 34.8 Å². The number of hydrogen-bond acceptors (Lipinski definition) is 4. The molecule has 6 nitrogen and oxygen atoms in total. The molecule has 2 unspecified atom stereocenters. The second-order valence-electron chi connectivity index (χ2n) is 8.07. The van der Waals surface area contributed by atoms with Crippen molar-refractivity contribution in [1.82, 2.24) is 5.32 Å². The van der Waals surface area contributed by atoms with E-state index in [1.54, 1.807) is 5.32 Å². The van der Waals surface area contributed by atoms with Gasteiger partial charge in [-0.25, -0.2) is 0 Å². The minimum atomic E-state index is -4.80. The predicted octanol–water partition coefficient (Wildman–Crippen LogP) is 7.80. The van der Waals surface area contributed by atoms with Crippen LogP contribution in [0.1, 0.15) is 40.7 Å². The van der Waals surface area contributed by atoms with Crippen LogP contribution in [0.5, 0.6) is 0 Å². The van der Waals surface area contributed by atoms with Crippen LogP contribution in [0, 0.1) is 16.0 Å². The topological polar surface area (TPSA) is 89.3 Å². The number of hydrogen-bond donors (Lipinski definition) is 1. The fourth-order valence-electron chi connectivity index (χ4n) is 3.25. The standard InChI is InChI=1S/C23H17Cl3F6N2O4/c1-11(21(36)33-10-22(27,28)29)6-19(35)14-4-2-12(7-18(14)34(37)38)3-5-15(23(30,31)32)13-8-16(24)20(26)17(25)9-13/h2-5,7-9,11,15H,6,10H2,1H3,(H,33,36)/b5-3+. The molecule has 0 heterocycles. The molecule has 0 aliphatic heterocycles. The summed E-state index contributed by atoms with van der Waals surface area (Å²) in [4.78, 5) is 35.0. The first kappa shape index (κ1) is 31.4. The summed E-state index contributed by atoms with van der Waals surface area (Å²) in [7, 11) is 0. The molecular formula is C23H17Cl3F6N2O4. The van der Waals surface area contributed by atoms with Crippen LogP contribution in [-0.4, -0.2) is 35.5 Å². The smallest absolute Gasteiger partial charge is 0.347 e. The number of nitro benzene ring substituents is 1. The monoisotopic (exact) mass is 604 g/mol. The number of nitro groups is 1. The Hall–Kier alpha value is -2.83. The first-order valence-electron chi connectivity index (χ1n) is 10.5. The summed E-state index contributed by atoms with van der Waals surface area (Å²) in [6, 6.07) is 4.94. The number of alkyl halides is 6. The molecule has 0 aromatic heterocycles. The number of halogens is 9. The molecular weight excluding hydrogens is 589 g/mol. The van der Waals surface area contributed by atoms with E-state index < -0.39 is 65.0 Å². The van der Waals surface area contributed by atoms with Gasteiger partial charge in [0.15, 0.2) is 5.78 Å². The fraction of sp³-hybridized carbons (Fsp3) is 0.304. The minimum Gasteiger partial charge on any atom is -0.347 e. The lowest BCUT2D eigenvalue weighted by atomic mass is 9.95. The van der Waals surface area contributed by atoms with Crippen molar-refractivity contribution in [2.45, 2.75) is 31.6 Å². The first-order valence-corrected chi connectivity index (χ1v) is 11.6. The Morgan fingerprint density at radius 1 is 1.05 bits per heavy atom. The summed E-state index contributed by atoms with van der Waals surface area (Å²) < 4.78 is 78.0. The van der Waals surface area contributed by atoms with Crippen LogP contribution in [0.4, 0.5) is 32.0 Å². The van der Waals surface area contributed by atoms with Gasteiger partial charge in [-0.05, 0) is 29.3 Å². The average Bonchev–Trinajstić information content (AvgIpc) is 2.79. The van der Waals surface area contributed by atoms with Gasteiger partial charge in [-0.3, -0.25) is 19.7 Å². The maximum absolute atomic E-state index is 13.7. The molecule has 0 fully saturated rings. The Balaban J connectivity index is 2.32. The molecule has 1 N–H and O–H groups in total. The highest BCUT2D eigenvalue weighted by molar-refractivity contribution is 6.48. The highest BCUT2D eigenvalue weighted by Gasteiger charge is 2.39. The van der Waals surface area contributed by atoms with Gasteiger partial charge in [-0.15, -0.1) is 0 Å². The van der Waals surface area contributed by atoms with Gasteiger partial charge in [-0.1, -0.05) is 59.9 Å². The number of rotatable bonds is 9. The third-order valence-electron chi connectivity index (χ3n) is 5.12. The second-order valence-corrected chi connectivity index (χ2v) is 9.26. The molecule has 38 heavy (non-hydrogen) atoms. The normalized spacial score (nSPS) is 13.8. The van der Waals surface area contributed by atoms with Gasteiger partial charge in [-0.2, -0.15) is 26.3 Å². The molecule has 0 spiro atoms. The minimum absolute atomic E-state index is 0.0652. The van der Waals surface area contributed by atoms with E-state index >= 15 is 0 Å². The van der Waals surface area contributed by atoms with Gasteiger partial charge in [0.05, 0.1) is 31.5 Å². The van der Waals surface area contributed by atoms with Crippen molar-refractivity contribution < 1.29 is 40.9 Å². The molecule has 0 saturated heterocycles. The number of Topliss-reactive ketones (excluding diaryl/α,β-unsaturated/α-hetero) is 1. The van der Waals surface area contributed by atoms with Gasteiger partial charge in [0.2, 0.25) is 5.91 Å². The zero-order chi connectivity index (χ0) is 29.0. The molecule has 2 atom stereocenters. The van der Waals surface area contributed by atoms with E-state index in [9.17, 15) is 46.0 Å². The van der Waals surface area contributed by atoms with Crippen molar-refractivity contribution >= 4 is 58.3 Å². The fourth-order valence-corrected chi connectivity index (χ4v) is 3.87. The summed E-state index contributed by atoms with van der Waals surface area (Å²) in [5.41, 5.74) is -1.63. The lowest BCUT2D eigenvalue weighted by Gasteiger charge is -2.18. The number of amides is 1. The summed E-state index contributed by atoms with van der Waals surface area (Å²) in [5, 5.41) is 12.6. The first-order chi connectivity index (χ1) is 17.4. The van der Waals surface area contributed by atoms with Crippen molar-refractivity contribution in [2.24, 2.45) is 5.92 Å². The van der Waals surface area contributed by atoms with Gasteiger partial charge in [0, 0.05) is 18.4 Å². The molecule has 0 saturated carbocycles. The molecule has 0 aliphatic carbocycles. The Bertz CT molecular complexity index is 1240. The summed E-state index contributed by atoms with van der Waals surface area (Å²) in [5.74, 6) is -5.46. The van der Waals surface area contributed by atoms with Crippen LogP contribution in [-0.2, 0) is 4.79 Å². The van der Waals surface area contributed by atoms with Crippen molar-refractivity contribution in [2.75, 3.05) is 6.54 Å². The number of nitrogens with one attached hydrogen (secondary N) is 1. The molecule has 0 bridgehead atoms. The lowest BCUT2D eigenvalue weighted by Crippen LogP contribution is -2.37. The molecule has 2 aromatic carbocycles. The van der Waals surface area contributed by atoms with E-state index in [0.717, 1.165) is 36.4 Å². The van der Waals surface area contributed by atoms with Crippen molar-refractivity contribution in [3.8, 4) is 0 Å². The van der Waals surface area contributed by atoms with E-state index in [0.29, 0.717) is 6.08 Å². The molecule has 1 amide bonds. The quantitative estimate of drug-likeness (QED) is 0.104. The third-order valence-corrected chi connectivity index (χ3v) is 6.32. The van der Waals surface area contributed by atoms with E-state index in [2.05, 4.69) is 0 Å². The third kappa shape index (κ3) is 8.60. The highest BCUT2D eigenvalue weighted by Crippen LogP contribution is 2.41. The van der Waals surface area contributed by atoms with Gasteiger partial charge in [0.1, 0.15) is 6.54 Å². The van der Waals surface area contributed by atoms with Gasteiger partial charge in [0.25, 0.3) is 5.69 Å². The molecule has 2 rings (SSSR count). The van der Waals surface area contributed by atoms with Gasteiger partial charge >= 0.3 is 12.4 Å². The largest absolute Gasteiger partial charge is 0.405 e. The van der Waals surface area contributed by atoms with E-state index in [1.165, 1.54) is 6.92 Å². The number of carbonyl (C=O) groups excluding carboxylic acids is 2. The van der Waals surface area contributed by atoms with Crippen molar-refractivity contribution in [3.63, 3.8) is 0 Å². The number of benzene rings is 2. The van der Waals surface area contributed by atoms with Gasteiger partial charge < -0.3 is 5.32 Å². The van der Waals surface area contributed by atoms with Crippen LogP contribution < -0.4 is 5.32 Å². The van der Waals surface area contributed by atoms with Crippen LogP contribution in [0.2, 0.25) is 15.1 Å². The molecule has 0 radical (unpaired) electrons. The SMILES string of the molecule is CC(CC(=O)c1ccc(/C=C/C(c2cc(Cl)c(Cl)c(Cl)c2)C(F)(F)F)cc1[N+](=O)[O-])C(=O)NCC(F)(F)F. The number of ketones is 1. The van der Waals surface area contributed by atoms with E-state index in [-0.39, 0.29) is 26.2 Å². The summed E-state index contributed by atoms with van der Waals surface area (Å²) in [6.45, 7) is -0.446. The Labute approximate surface area is 226 Å². The highest BCUT2D eigenvalue weighted by atomic mass is 35.5. The maximum atomic E-state index is 13.7. The van der Waals surface area contributed by atoms with Crippen LogP contribution in [0.3, 0.4) is 0 Å². The molecule has 206 valence electrons.